The predicted octanol–water partition coefficient (Wildman–Crippen LogP) is 0.841. The van der Waals surface area contributed by atoms with Gasteiger partial charge in [-0.05, 0) is 24.1 Å². The molecule has 0 aromatic heterocycles. The SMILES string of the molecule is NOCCc1ccc(F)c(N)c1. The Hall–Kier alpha value is -1.13. The molecule has 4 N–H and O–H groups in total. The number of rotatable bonds is 3. The summed E-state index contributed by atoms with van der Waals surface area (Å²) >= 11 is 0. The standard InChI is InChI=1S/C8H11FN2O/c9-7-2-1-6(3-4-12-11)5-8(7)10/h1-2,5H,3-4,10-11H2. The van der Waals surface area contributed by atoms with E-state index in [1.165, 1.54) is 6.07 Å². The van der Waals surface area contributed by atoms with Crippen molar-refractivity contribution in [1.82, 2.24) is 0 Å². The van der Waals surface area contributed by atoms with Gasteiger partial charge in [0.05, 0.1) is 12.3 Å². The number of hydrogen-bond acceptors (Lipinski definition) is 3. The Labute approximate surface area is 70.1 Å². The van der Waals surface area contributed by atoms with Crippen molar-refractivity contribution in [3.63, 3.8) is 0 Å². The van der Waals surface area contributed by atoms with Crippen LogP contribution in [0.4, 0.5) is 10.1 Å². The first-order valence-electron chi connectivity index (χ1n) is 3.59. The third-order valence-corrected chi connectivity index (χ3v) is 1.57. The van der Waals surface area contributed by atoms with E-state index in [4.69, 9.17) is 11.6 Å². The zero-order valence-electron chi connectivity index (χ0n) is 6.59. The molecule has 0 spiro atoms. The minimum atomic E-state index is -0.396. The Morgan fingerprint density at radius 1 is 1.42 bits per heavy atom. The van der Waals surface area contributed by atoms with Gasteiger partial charge < -0.3 is 10.6 Å². The van der Waals surface area contributed by atoms with Gasteiger partial charge in [0.2, 0.25) is 0 Å². The van der Waals surface area contributed by atoms with Crippen LogP contribution in [0.1, 0.15) is 5.56 Å². The highest BCUT2D eigenvalue weighted by Crippen LogP contribution is 2.12. The second kappa shape index (κ2) is 4.04. The van der Waals surface area contributed by atoms with Crippen LogP contribution in [0.2, 0.25) is 0 Å². The Bertz CT molecular complexity index is 265. The molecule has 0 aliphatic carbocycles. The van der Waals surface area contributed by atoms with Crippen molar-refractivity contribution in [2.45, 2.75) is 6.42 Å². The topological polar surface area (TPSA) is 61.3 Å². The largest absolute Gasteiger partial charge is 0.396 e. The molecule has 1 aromatic carbocycles. The van der Waals surface area contributed by atoms with Crippen molar-refractivity contribution in [1.29, 1.82) is 0 Å². The van der Waals surface area contributed by atoms with E-state index in [1.807, 2.05) is 0 Å². The minimum Gasteiger partial charge on any atom is -0.396 e. The highest BCUT2D eigenvalue weighted by molar-refractivity contribution is 5.42. The first-order valence-corrected chi connectivity index (χ1v) is 3.59. The average Bonchev–Trinajstić information content (AvgIpc) is 2.07. The van der Waals surface area contributed by atoms with Gasteiger partial charge in [0.25, 0.3) is 0 Å². The smallest absolute Gasteiger partial charge is 0.146 e. The van der Waals surface area contributed by atoms with E-state index in [9.17, 15) is 4.39 Å². The lowest BCUT2D eigenvalue weighted by Gasteiger charge is -2.01. The summed E-state index contributed by atoms with van der Waals surface area (Å²) in [7, 11) is 0. The second-order valence-corrected chi connectivity index (χ2v) is 2.48. The number of nitrogens with two attached hydrogens (primary N) is 2. The maximum absolute atomic E-state index is 12.6. The molecule has 0 aliphatic heterocycles. The van der Waals surface area contributed by atoms with Gasteiger partial charge in [-0.25, -0.2) is 10.3 Å². The van der Waals surface area contributed by atoms with Gasteiger partial charge in [-0.2, -0.15) is 0 Å². The van der Waals surface area contributed by atoms with Crippen molar-refractivity contribution in [3.8, 4) is 0 Å². The Morgan fingerprint density at radius 3 is 2.75 bits per heavy atom. The molecular formula is C8H11FN2O. The van der Waals surface area contributed by atoms with E-state index in [0.717, 1.165) is 5.56 Å². The highest BCUT2D eigenvalue weighted by atomic mass is 19.1. The molecule has 0 radical (unpaired) electrons. The first-order chi connectivity index (χ1) is 5.74. The van der Waals surface area contributed by atoms with Crippen molar-refractivity contribution < 1.29 is 9.23 Å². The molecular weight excluding hydrogens is 159 g/mol. The predicted molar refractivity (Wildman–Crippen MR) is 44.7 cm³/mol. The van der Waals surface area contributed by atoms with E-state index in [0.29, 0.717) is 13.0 Å². The normalized spacial score (nSPS) is 10.2. The van der Waals surface area contributed by atoms with Crippen molar-refractivity contribution in [2.24, 2.45) is 5.90 Å². The van der Waals surface area contributed by atoms with Crippen LogP contribution in [0, 0.1) is 5.82 Å². The third-order valence-electron chi connectivity index (χ3n) is 1.57. The van der Waals surface area contributed by atoms with Crippen LogP contribution >= 0.6 is 0 Å². The van der Waals surface area contributed by atoms with Gasteiger partial charge >= 0.3 is 0 Å². The molecule has 0 amide bonds. The molecule has 66 valence electrons. The Morgan fingerprint density at radius 2 is 2.17 bits per heavy atom. The van der Waals surface area contributed by atoms with E-state index in [2.05, 4.69) is 4.84 Å². The monoisotopic (exact) mass is 170 g/mol. The molecule has 0 aliphatic rings. The molecule has 0 heterocycles. The highest BCUT2D eigenvalue weighted by Gasteiger charge is 1.98. The van der Waals surface area contributed by atoms with Gasteiger partial charge in [-0.1, -0.05) is 6.07 Å². The van der Waals surface area contributed by atoms with Crippen LogP contribution in [0.5, 0.6) is 0 Å². The maximum Gasteiger partial charge on any atom is 0.146 e. The fourth-order valence-electron chi connectivity index (χ4n) is 0.925. The van der Waals surface area contributed by atoms with Gasteiger partial charge in [0.15, 0.2) is 0 Å². The van der Waals surface area contributed by atoms with Crippen LogP contribution in [0.3, 0.4) is 0 Å². The summed E-state index contributed by atoms with van der Waals surface area (Å²) in [6.07, 6.45) is 0.640. The average molecular weight is 170 g/mol. The van der Waals surface area contributed by atoms with E-state index >= 15 is 0 Å². The zero-order chi connectivity index (χ0) is 8.97. The van der Waals surface area contributed by atoms with Crippen molar-refractivity contribution in [3.05, 3.63) is 29.6 Å². The molecule has 0 bridgehead atoms. The third kappa shape index (κ3) is 2.18. The molecule has 1 rings (SSSR count). The van der Waals surface area contributed by atoms with Crippen LogP contribution in [0.25, 0.3) is 0 Å². The molecule has 0 saturated carbocycles. The summed E-state index contributed by atoms with van der Waals surface area (Å²) < 4.78 is 12.6. The lowest BCUT2D eigenvalue weighted by atomic mass is 10.1. The molecule has 0 saturated heterocycles. The van der Waals surface area contributed by atoms with Crippen molar-refractivity contribution in [2.75, 3.05) is 12.3 Å². The van der Waals surface area contributed by atoms with E-state index in [-0.39, 0.29) is 5.69 Å². The first kappa shape index (κ1) is 8.96. The number of hydrogen-bond donors (Lipinski definition) is 2. The lowest BCUT2D eigenvalue weighted by molar-refractivity contribution is 0.141. The molecule has 4 heteroatoms. The molecule has 12 heavy (non-hydrogen) atoms. The van der Waals surface area contributed by atoms with Crippen LogP contribution in [0.15, 0.2) is 18.2 Å². The molecule has 3 nitrogen and oxygen atoms in total. The van der Waals surface area contributed by atoms with Gasteiger partial charge in [0.1, 0.15) is 5.82 Å². The molecule has 0 fully saturated rings. The quantitative estimate of drug-likeness (QED) is 0.522. The number of halogens is 1. The van der Waals surface area contributed by atoms with Crippen molar-refractivity contribution >= 4 is 5.69 Å². The van der Waals surface area contributed by atoms with Gasteiger partial charge in [-0.3, -0.25) is 0 Å². The van der Waals surface area contributed by atoms with Crippen LogP contribution in [-0.4, -0.2) is 6.61 Å². The number of nitrogen functional groups attached to an aromatic ring is 1. The zero-order valence-corrected chi connectivity index (χ0v) is 6.59. The minimum absolute atomic E-state index is 0.157. The fraction of sp³-hybridized carbons (Fsp3) is 0.250. The second-order valence-electron chi connectivity index (χ2n) is 2.48. The Balaban J connectivity index is 2.69. The van der Waals surface area contributed by atoms with E-state index < -0.39 is 5.82 Å². The van der Waals surface area contributed by atoms with Gasteiger partial charge in [-0.15, -0.1) is 0 Å². The summed E-state index contributed by atoms with van der Waals surface area (Å²) in [5.74, 6) is 4.44. The summed E-state index contributed by atoms with van der Waals surface area (Å²) in [5, 5.41) is 0. The molecule has 0 unspecified atom stereocenters. The summed E-state index contributed by atoms with van der Waals surface area (Å²) in [6, 6.07) is 4.57. The Kier molecular flexibility index (Phi) is 3.01. The molecule has 1 aromatic rings. The summed E-state index contributed by atoms with van der Waals surface area (Å²) in [6.45, 7) is 0.408. The lowest BCUT2D eigenvalue weighted by Crippen LogP contribution is -2.04. The van der Waals surface area contributed by atoms with Gasteiger partial charge in [0, 0.05) is 0 Å². The van der Waals surface area contributed by atoms with E-state index in [1.54, 1.807) is 12.1 Å². The summed E-state index contributed by atoms with van der Waals surface area (Å²) in [4.78, 5) is 4.38. The van der Waals surface area contributed by atoms with Crippen LogP contribution in [-0.2, 0) is 11.3 Å². The maximum atomic E-state index is 12.6. The molecule has 0 atom stereocenters. The number of benzene rings is 1. The fourth-order valence-corrected chi connectivity index (χ4v) is 0.925. The van der Waals surface area contributed by atoms with Crippen LogP contribution < -0.4 is 11.6 Å². The number of anilines is 1. The summed E-state index contributed by atoms with van der Waals surface area (Å²) in [5.41, 5.74) is 6.42.